The minimum absolute atomic E-state index is 0.104. The highest BCUT2D eigenvalue weighted by atomic mass is 19.1. The van der Waals surface area contributed by atoms with Crippen molar-refractivity contribution in [2.24, 2.45) is 7.05 Å². The molecule has 1 amide bonds. The number of aromatic nitrogens is 2. The van der Waals surface area contributed by atoms with E-state index in [1.54, 1.807) is 23.2 Å². The molecule has 1 aliphatic rings. The fourth-order valence-corrected chi connectivity index (χ4v) is 2.69. The van der Waals surface area contributed by atoms with Gasteiger partial charge in [0.05, 0.1) is 6.20 Å². The first kappa shape index (κ1) is 14.6. The predicted octanol–water partition coefficient (Wildman–Crippen LogP) is 1.91. The summed E-state index contributed by atoms with van der Waals surface area (Å²) in [7, 11) is 1.91. The van der Waals surface area contributed by atoms with Crippen molar-refractivity contribution >= 4 is 5.91 Å². The summed E-state index contributed by atoms with van der Waals surface area (Å²) in [5.74, 6) is -0.492. The molecule has 0 saturated carbocycles. The normalized spacial score (nSPS) is 14.4. The highest BCUT2D eigenvalue weighted by molar-refractivity contribution is 5.77. The van der Waals surface area contributed by atoms with E-state index in [9.17, 15) is 9.18 Å². The van der Waals surface area contributed by atoms with Crippen molar-refractivity contribution in [2.75, 3.05) is 13.2 Å². The third kappa shape index (κ3) is 2.95. The SMILES string of the molecule is Cn1ncc2c1CCCN(C(=O)COc1ccccc1F)C2. The molecule has 1 aromatic carbocycles. The molecule has 2 aromatic rings. The third-order valence-electron chi connectivity index (χ3n) is 3.89. The minimum Gasteiger partial charge on any atom is -0.481 e. The Morgan fingerprint density at radius 2 is 2.23 bits per heavy atom. The molecule has 0 unspecified atom stereocenters. The Bertz CT molecular complexity index is 684. The number of benzene rings is 1. The summed E-state index contributed by atoms with van der Waals surface area (Å²) < 4.78 is 20.6. The molecule has 0 fully saturated rings. The summed E-state index contributed by atoms with van der Waals surface area (Å²) in [5, 5.41) is 4.24. The number of para-hydroxylation sites is 1. The zero-order valence-corrected chi connectivity index (χ0v) is 12.5. The Labute approximate surface area is 128 Å². The molecule has 3 rings (SSSR count). The van der Waals surface area contributed by atoms with Gasteiger partial charge in [-0.2, -0.15) is 5.10 Å². The zero-order chi connectivity index (χ0) is 15.5. The number of fused-ring (bicyclic) bond motifs is 1. The number of carbonyl (C=O) groups excluding carboxylic acids is 1. The molecule has 0 radical (unpaired) electrons. The van der Waals surface area contributed by atoms with E-state index in [4.69, 9.17) is 4.74 Å². The van der Waals surface area contributed by atoms with Gasteiger partial charge in [0.15, 0.2) is 18.2 Å². The van der Waals surface area contributed by atoms with Gasteiger partial charge < -0.3 is 9.64 Å². The molecule has 116 valence electrons. The van der Waals surface area contributed by atoms with Crippen LogP contribution in [0.4, 0.5) is 4.39 Å². The van der Waals surface area contributed by atoms with Gasteiger partial charge in [-0.1, -0.05) is 12.1 Å². The molecule has 0 aliphatic carbocycles. The summed E-state index contributed by atoms with van der Waals surface area (Å²) in [6.45, 7) is 1.05. The van der Waals surface area contributed by atoms with Gasteiger partial charge in [0.1, 0.15) is 0 Å². The lowest BCUT2D eigenvalue weighted by atomic mass is 10.2. The van der Waals surface area contributed by atoms with E-state index in [0.29, 0.717) is 13.1 Å². The Morgan fingerprint density at radius 1 is 1.41 bits per heavy atom. The van der Waals surface area contributed by atoms with E-state index < -0.39 is 5.82 Å². The van der Waals surface area contributed by atoms with Crippen molar-refractivity contribution in [3.63, 3.8) is 0 Å². The van der Waals surface area contributed by atoms with Crippen LogP contribution in [0.3, 0.4) is 0 Å². The predicted molar refractivity (Wildman–Crippen MR) is 78.8 cm³/mol. The van der Waals surface area contributed by atoms with Crippen LogP contribution in [0, 0.1) is 5.82 Å². The fraction of sp³-hybridized carbons (Fsp3) is 0.375. The summed E-state index contributed by atoms with van der Waals surface area (Å²) in [4.78, 5) is 14.0. The molecule has 1 aromatic heterocycles. The van der Waals surface area contributed by atoms with Gasteiger partial charge in [-0.05, 0) is 25.0 Å². The van der Waals surface area contributed by atoms with Crippen molar-refractivity contribution in [1.29, 1.82) is 0 Å². The average Bonchev–Trinajstić information content (AvgIpc) is 2.74. The van der Waals surface area contributed by atoms with Gasteiger partial charge in [-0.15, -0.1) is 0 Å². The van der Waals surface area contributed by atoms with Crippen LogP contribution in [0.15, 0.2) is 30.5 Å². The molecular formula is C16H18FN3O2. The van der Waals surface area contributed by atoms with Crippen LogP contribution < -0.4 is 4.74 Å². The second kappa shape index (κ2) is 6.17. The van der Waals surface area contributed by atoms with E-state index in [1.165, 1.54) is 17.8 Å². The molecule has 0 atom stereocenters. The number of nitrogens with zero attached hydrogens (tertiary/aromatic N) is 3. The number of hydrogen-bond acceptors (Lipinski definition) is 3. The molecule has 6 heteroatoms. The number of carbonyl (C=O) groups is 1. The van der Waals surface area contributed by atoms with Gasteiger partial charge in [0.2, 0.25) is 0 Å². The smallest absolute Gasteiger partial charge is 0.260 e. The Hall–Kier alpha value is -2.37. The van der Waals surface area contributed by atoms with Crippen LogP contribution in [-0.4, -0.2) is 33.7 Å². The van der Waals surface area contributed by atoms with E-state index in [1.807, 2.05) is 11.7 Å². The topological polar surface area (TPSA) is 47.4 Å². The number of ether oxygens (including phenoxy) is 1. The van der Waals surface area contributed by atoms with E-state index in [-0.39, 0.29) is 18.3 Å². The van der Waals surface area contributed by atoms with Crippen LogP contribution >= 0.6 is 0 Å². The Kier molecular flexibility index (Phi) is 4.09. The molecular weight excluding hydrogens is 285 g/mol. The van der Waals surface area contributed by atoms with Crippen LogP contribution in [0.1, 0.15) is 17.7 Å². The first-order chi connectivity index (χ1) is 10.6. The number of aryl methyl sites for hydroxylation is 1. The van der Waals surface area contributed by atoms with Crippen LogP contribution in [0.25, 0.3) is 0 Å². The van der Waals surface area contributed by atoms with Crippen LogP contribution in [-0.2, 0) is 24.8 Å². The maximum atomic E-state index is 13.5. The van der Waals surface area contributed by atoms with E-state index in [2.05, 4.69) is 5.10 Å². The summed E-state index contributed by atoms with van der Waals surface area (Å²) in [6.07, 6.45) is 3.60. The molecule has 1 aliphatic heterocycles. The first-order valence-corrected chi connectivity index (χ1v) is 7.30. The summed E-state index contributed by atoms with van der Waals surface area (Å²) in [6, 6.07) is 6.09. The molecule has 0 bridgehead atoms. The second-order valence-electron chi connectivity index (χ2n) is 5.38. The first-order valence-electron chi connectivity index (χ1n) is 7.30. The van der Waals surface area contributed by atoms with Gasteiger partial charge in [-0.3, -0.25) is 9.48 Å². The number of hydrogen-bond donors (Lipinski definition) is 0. The average molecular weight is 303 g/mol. The van der Waals surface area contributed by atoms with Crippen molar-refractivity contribution in [2.45, 2.75) is 19.4 Å². The molecule has 0 spiro atoms. The summed E-state index contributed by atoms with van der Waals surface area (Å²) >= 11 is 0. The lowest BCUT2D eigenvalue weighted by Gasteiger charge is -2.20. The van der Waals surface area contributed by atoms with Gasteiger partial charge in [0.25, 0.3) is 5.91 Å². The maximum Gasteiger partial charge on any atom is 0.260 e. The van der Waals surface area contributed by atoms with E-state index >= 15 is 0 Å². The van der Waals surface area contributed by atoms with Crippen molar-refractivity contribution in [3.8, 4) is 5.75 Å². The largest absolute Gasteiger partial charge is 0.481 e. The Balaban J connectivity index is 1.64. The standard InChI is InChI=1S/C16H18FN3O2/c1-19-14-6-4-8-20(10-12(14)9-18-19)16(21)11-22-15-7-3-2-5-13(15)17/h2-3,5,7,9H,4,6,8,10-11H2,1H3. The molecule has 5 nitrogen and oxygen atoms in total. The monoisotopic (exact) mass is 303 g/mol. The third-order valence-corrected chi connectivity index (χ3v) is 3.89. The van der Waals surface area contributed by atoms with Crippen LogP contribution in [0.5, 0.6) is 5.75 Å². The lowest BCUT2D eigenvalue weighted by molar-refractivity contribution is -0.134. The van der Waals surface area contributed by atoms with Crippen LogP contribution in [0.2, 0.25) is 0 Å². The maximum absolute atomic E-state index is 13.5. The molecule has 2 heterocycles. The van der Waals surface area contributed by atoms with E-state index in [0.717, 1.165) is 18.4 Å². The summed E-state index contributed by atoms with van der Waals surface area (Å²) in [5.41, 5.74) is 2.24. The zero-order valence-electron chi connectivity index (χ0n) is 12.5. The molecule has 22 heavy (non-hydrogen) atoms. The lowest BCUT2D eigenvalue weighted by Crippen LogP contribution is -2.34. The van der Waals surface area contributed by atoms with Crippen molar-refractivity contribution in [3.05, 3.63) is 47.5 Å². The highest BCUT2D eigenvalue weighted by Gasteiger charge is 2.21. The molecule has 0 N–H and O–H groups in total. The number of rotatable bonds is 3. The van der Waals surface area contributed by atoms with Crippen molar-refractivity contribution < 1.29 is 13.9 Å². The second-order valence-corrected chi connectivity index (χ2v) is 5.38. The number of halogens is 1. The minimum atomic E-state index is -0.458. The quantitative estimate of drug-likeness (QED) is 0.870. The van der Waals surface area contributed by atoms with Crippen molar-refractivity contribution in [1.82, 2.24) is 14.7 Å². The number of amides is 1. The van der Waals surface area contributed by atoms with Gasteiger partial charge >= 0.3 is 0 Å². The fourth-order valence-electron chi connectivity index (χ4n) is 2.69. The molecule has 0 saturated heterocycles. The van der Waals surface area contributed by atoms with Gasteiger partial charge in [0, 0.05) is 31.4 Å². The Morgan fingerprint density at radius 3 is 3.05 bits per heavy atom. The highest BCUT2D eigenvalue weighted by Crippen LogP contribution is 2.19. The van der Waals surface area contributed by atoms with Gasteiger partial charge in [-0.25, -0.2) is 4.39 Å².